The summed E-state index contributed by atoms with van der Waals surface area (Å²) in [6.07, 6.45) is 2.18. The Morgan fingerprint density at radius 1 is 1.50 bits per heavy atom. The van der Waals surface area contributed by atoms with Gasteiger partial charge in [-0.25, -0.2) is 9.79 Å². The van der Waals surface area contributed by atoms with Gasteiger partial charge >= 0.3 is 0 Å². The lowest BCUT2D eigenvalue weighted by molar-refractivity contribution is -0.105. The van der Waals surface area contributed by atoms with E-state index < -0.39 is 0 Å². The lowest BCUT2D eigenvalue weighted by Crippen LogP contribution is -2.20. The minimum Gasteiger partial charge on any atom is -0.356 e. The number of hydrogen-bond donors (Lipinski definition) is 0. The van der Waals surface area contributed by atoms with Gasteiger partial charge in [-0.3, -0.25) is 0 Å². The Kier molecular flexibility index (Phi) is 6.89. The van der Waals surface area contributed by atoms with Crippen LogP contribution in [0.15, 0.2) is 4.99 Å². The Hall–Kier alpha value is -0.483. The molecule has 0 bridgehead atoms. The molecule has 0 N–H and O–H groups in total. The molecular formula is C7H15NO3Si. The lowest BCUT2D eigenvalue weighted by atomic mass is 10.3. The van der Waals surface area contributed by atoms with Gasteiger partial charge in [0.05, 0.1) is 6.54 Å². The molecule has 0 fully saturated rings. The van der Waals surface area contributed by atoms with Crippen LogP contribution in [0.1, 0.15) is 6.42 Å². The Morgan fingerprint density at radius 2 is 2.08 bits per heavy atom. The smallest absolute Gasteiger partial charge is 0.234 e. The third-order valence-corrected chi connectivity index (χ3v) is 2.81. The Morgan fingerprint density at radius 3 is 2.50 bits per heavy atom. The molecule has 12 heavy (non-hydrogen) atoms. The van der Waals surface area contributed by atoms with Gasteiger partial charge in [0.15, 0.2) is 6.29 Å². The molecule has 1 unspecified atom stereocenters. The third-order valence-electron chi connectivity index (χ3n) is 1.69. The van der Waals surface area contributed by atoms with Crippen molar-refractivity contribution in [2.24, 2.45) is 4.99 Å². The van der Waals surface area contributed by atoms with Crippen molar-refractivity contribution in [1.29, 1.82) is 0 Å². The van der Waals surface area contributed by atoms with Crippen LogP contribution in [0.3, 0.4) is 0 Å². The first kappa shape index (κ1) is 11.5. The van der Waals surface area contributed by atoms with Crippen LogP contribution in [0.4, 0.5) is 0 Å². The number of isocyanates is 1. The van der Waals surface area contributed by atoms with Crippen molar-refractivity contribution in [3.63, 3.8) is 0 Å². The van der Waals surface area contributed by atoms with Gasteiger partial charge in [-0.15, -0.1) is 0 Å². The van der Waals surface area contributed by atoms with Gasteiger partial charge in [0.2, 0.25) is 6.08 Å². The van der Waals surface area contributed by atoms with Gasteiger partial charge in [-0.2, -0.15) is 0 Å². The van der Waals surface area contributed by atoms with Gasteiger partial charge in [0.1, 0.15) is 0 Å². The first-order valence-electron chi connectivity index (χ1n) is 3.85. The highest BCUT2D eigenvalue weighted by atomic mass is 28.1. The molecule has 0 aliphatic heterocycles. The number of carbonyl (C=O) groups excluding carboxylic acids is 1. The van der Waals surface area contributed by atoms with Crippen LogP contribution in [0, 0.1) is 0 Å². The fourth-order valence-corrected chi connectivity index (χ4v) is 1.81. The van der Waals surface area contributed by atoms with E-state index in [-0.39, 0.29) is 6.29 Å². The van der Waals surface area contributed by atoms with E-state index in [2.05, 4.69) is 4.99 Å². The van der Waals surface area contributed by atoms with E-state index in [4.69, 9.17) is 9.47 Å². The second-order valence-electron chi connectivity index (χ2n) is 2.58. The molecule has 0 heterocycles. The molecule has 0 rings (SSSR count). The molecule has 0 saturated heterocycles. The average Bonchev–Trinajstić information content (AvgIpc) is 2.07. The summed E-state index contributed by atoms with van der Waals surface area (Å²) in [5, 5.41) is 0. The summed E-state index contributed by atoms with van der Waals surface area (Å²) < 4.78 is 10.1. The quantitative estimate of drug-likeness (QED) is 0.245. The van der Waals surface area contributed by atoms with E-state index in [9.17, 15) is 4.79 Å². The van der Waals surface area contributed by atoms with Crippen molar-refractivity contribution in [2.45, 2.75) is 18.3 Å². The summed E-state index contributed by atoms with van der Waals surface area (Å²) in [5.74, 6) is 0. The summed E-state index contributed by atoms with van der Waals surface area (Å²) >= 11 is 0. The van der Waals surface area contributed by atoms with E-state index in [0.717, 1.165) is 16.7 Å². The van der Waals surface area contributed by atoms with Crippen molar-refractivity contribution in [1.82, 2.24) is 0 Å². The van der Waals surface area contributed by atoms with Crippen molar-refractivity contribution in [3.8, 4) is 0 Å². The average molecular weight is 189 g/mol. The molecule has 0 saturated carbocycles. The largest absolute Gasteiger partial charge is 0.356 e. The van der Waals surface area contributed by atoms with Crippen LogP contribution < -0.4 is 0 Å². The molecule has 0 aromatic carbocycles. The molecule has 0 radical (unpaired) electrons. The Bertz CT molecular complexity index is 155. The highest BCUT2D eigenvalue weighted by Crippen LogP contribution is 2.14. The van der Waals surface area contributed by atoms with Crippen LogP contribution >= 0.6 is 0 Å². The van der Waals surface area contributed by atoms with Crippen LogP contribution in [0.2, 0.25) is 5.54 Å². The predicted octanol–water partition coefficient (Wildman–Crippen LogP) is -0.515. The first-order valence-corrected chi connectivity index (χ1v) is 5.01. The van der Waals surface area contributed by atoms with Gasteiger partial charge in [0.25, 0.3) is 0 Å². The van der Waals surface area contributed by atoms with Gasteiger partial charge < -0.3 is 9.47 Å². The molecule has 0 amide bonds. The van der Waals surface area contributed by atoms with Crippen LogP contribution in [-0.4, -0.2) is 43.4 Å². The minimum atomic E-state index is -0.154. The maximum atomic E-state index is 9.75. The van der Waals surface area contributed by atoms with Crippen LogP contribution in [0.5, 0.6) is 0 Å². The molecular weight excluding hydrogens is 174 g/mol. The molecule has 0 spiro atoms. The molecule has 0 aromatic heterocycles. The van der Waals surface area contributed by atoms with E-state index in [0.29, 0.717) is 12.1 Å². The molecule has 5 heteroatoms. The molecule has 70 valence electrons. The Balaban J connectivity index is 3.67. The zero-order valence-corrected chi connectivity index (χ0v) is 9.74. The first-order chi connectivity index (χ1) is 5.76. The summed E-state index contributed by atoms with van der Waals surface area (Å²) in [4.78, 5) is 13.2. The van der Waals surface area contributed by atoms with Crippen molar-refractivity contribution < 1.29 is 14.3 Å². The van der Waals surface area contributed by atoms with Gasteiger partial charge in [0, 0.05) is 24.5 Å². The zero-order valence-electron chi connectivity index (χ0n) is 7.74. The van der Waals surface area contributed by atoms with E-state index in [1.807, 2.05) is 0 Å². The summed E-state index contributed by atoms with van der Waals surface area (Å²) in [6, 6.07) is 0. The van der Waals surface area contributed by atoms with Crippen molar-refractivity contribution >= 4 is 16.3 Å². The summed E-state index contributed by atoms with van der Waals surface area (Å²) in [7, 11) is 4.19. The van der Waals surface area contributed by atoms with E-state index >= 15 is 0 Å². The molecule has 1 atom stereocenters. The predicted molar refractivity (Wildman–Crippen MR) is 49.1 cm³/mol. The zero-order chi connectivity index (χ0) is 9.40. The SMILES string of the molecule is COC(OC)C([SiH3])CCN=C=O. The lowest BCUT2D eigenvalue weighted by Gasteiger charge is -2.19. The molecule has 0 aliphatic carbocycles. The fourth-order valence-electron chi connectivity index (χ4n) is 1.01. The minimum absolute atomic E-state index is 0.154. The summed E-state index contributed by atoms with van der Waals surface area (Å²) in [6.45, 7) is 0.515. The number of hydrogen-bond acceptors (Lipinski definition) is 4. The fraction of sp³-hybridized carbons (Fsp3) is 0.857. The van der Waals surface area contributed by atoms with Crippen LogP contribution in [-0.2, 0) is 14.3 Å². The van der Waals surface area contributed by atoms with Crippen molar-refractivity contribution in [3.05, 3.63) is 0 Å². The number of rotatable bonds is 6. The van der Waals surface area contributed by atoms with E-state index in [1.165, 1.54) is 6.08 Å². The second kappa shape index (κ2) is 7.18. The molecule has 0 aliphatic rings. The number of aliphatic imine (C=N–C) groups is 1. The maximum absolute atomic E-state index is 9.75. The normalized spacial score (nSPS) is 12.9. The van der Waals surface area contributed by atoms with Gasteiger partial charge in [-0.1, -0.05) is 0 Å². The number of methoxy groups -OCH3 is 2. The maximum Gasteiger partial charge on any atom is 0.234 e. The molecule has 0 aromatic rings. The topological polar surface area (TPSA) is 47.9 Å². The van der Waals surface area contributed by atoms with E-state index in [1.54, 1.807) is 14.2 Å². The van der Waals surface area contributed by atoms with Crippen LogP contribution in [0.25, 0.3) is 0 Å². The van der Waals surface area contributed by atoms with Crippen molar-refractivity contribution in [2.75, 3.05) is 20.8 Å². The van der Waals surface area contributed by atoms with Gasteiger partial charge in [-0.05, 0) is 12.0 Å². The molecule has 4 nitrogen and oxygen atoms in total. The Labute approximate surface area is 75.4 Å². The number of nitrogens with zero attached hydrogens (tertiary/aromatic N) is 1. The second-order valence-corrected chi connectivity index (χ2v) is 4.06. The standard InChI is InChI=1S/C7H15NO3Si/c1-10-7(11-2)6(12)3-4-8-5-9/h6-7H,3-4H2,1-2,12H3. The highest BCUT2D eigenvalue weighted by molar-refractivity contribution is 6.11. The third kappa shape index (κ3) is 4.41. The highest BCUT2D eigenvalue weighted by Gasteiger charge is 2.14. The number of ether oxygens (including phenoxy) is 2. The monoisotopic (exact) mass is 189 g/mol. The summed E-state index contributed by atoms with van der Waals surface area (Å²) in [5.41, 5.74) is 0.372.